The Bertz CT molecular complexity index is 707. The van der Waals surface area contributed by atoms with E-state index >= 15 is 0 Å². The van der Waals surface area contributed by atoms with Gasteiger partial charge in [-0.1, -0.05) is 0 Å². The van der Waals surface area contributed by atoms with Crippen molar-refractivity contribution >= 4 is 7.82 Å². The van der Waals surface area contributed by atoms with Gasteiger partial charge in [-0.3, -0.25) is 18.9 Å². The van der Waals surface area contributed by atoms with Crippen molar-refractivity contribution in [3.8, 4) is 0 Å². The first-order valence-electron chi connectivity index (χ1n) is 6.48. The summed E-state index contributed by atoms with van der Waals surface area (Å²) in [6.07, 6.45) is -2.73. The molecule has 2 heterocycles. The molecule has 0 amide bonds. The molecule has 4 atom stereocenters. The van der Waals surface area contributed by atoms with Gasteiger partial charge in [0.1, 0.15) is 12.3 Å². The van der Waals surface area contributed by atoms with Gasteiger partial charge in [-0.15, -0.1) is 0 Å². The second-order valence-corrected chi connectivity index (χ2v) is 6.33. The maximum absolute atomic E-state index is 11.8. The van der Waals surface area contributed by atoms with Gasteiger partial charge in [-0.05, 0) is 13.8 Å². The number of phosphoric acid groups is 1. The Balaban J connectivity index is 2.21. The van der Waals surface area contributed by atoms with Crippen molar-refractivity contribution in [3.05, 3.63) is 32.6 Å². The summed E-state index contributed by atoms with van der Waals surface area (Å²) in [6.45, 7) is 2.85. The fraction of sp³-hybridized carbons (Fsp3) is 0.636. The SMILES string of the molecule is Cc1cn([C@H]2CC(O)[C@@H]([C@H](C)OP(=O)(O)O)O2)c(=O)[nH]c1=O. The molecule has 0 aliphatic carbocycles. The molecule has 1 aliphatic rings. The first-order valence-corrected chi connectivity index (χ1v) is 8.01. The lowest BCUT2D eigenvalue weighted by Crippen LogP contribution is -2.35. The van der Waals surface area contributed by atoms with E-state index in [1.165, 1.54) is 20.0 Å². The lowest BCUT2D eigenvalue weighted by atomic mass is 10.1. The molecule has 0 spiro atoms. The zero-order valence-corrected chi connectivity index (χ0v) is 12.8. The molecule has 10 nitrogen and oxygen atoms in total. The number of aromatic nitrogens is 2. The number of hydrogen-bond acceptors (Lipinski definition) is 6. The third kappa shape index (κ3) is 3.72. The monoisotopic (exact) mass is 336 g/mol. The van der Waals surface area contributed by atoms with Crippen LogP contribution in [0, 0.1) is 6.92 Å². The van der Waals surface area contributed by atoms with E-state index in [-0.39, 0.29) is 6.42 Å². The van der Waals surface area contributed by atoms with E-state index in [1.54, 1.807) is 0 Å². The maximum atomic E-state index is 11.8. The summed E-state index contributed by atoms with van der Waals surface area (Å²) in [5.41, 5.74) is -0.924. The highest BCUT2D eigenvalue weighted by Crippen LogP contribution is 2.41. The second kappa shape index (κ2) is 6.07. The molecule has 1 aromatic rings. The Kier molecular flexibility index (Phi) is 4.71. The van der Waals surface area contributed by atoms with Crippen molar-refractivity contribution in [2.45, 2.75) is 44.8 Å². The smallest absolute Gasteiger partial charge is 0.390 e. The minimum absolute atomic E-state index is 0.0188. The van der Waals surface area contributed by atoms with E-state index in [0.717, 1.165) is 4.57 Å². The number of aryl methyl sites for hydroxylation is 1. The number of aliphatic hydroxyl groups excluding tert-OH is 1. The van der Waals surface area contributed by atoms with Crippen LogP contribution in [0.5, 0.6) is 0 Å². The van der Waals surface area contributed by atoms with Gasteiger partial charge in [-0.25, -0.2) is 9.36 Å². The molecule has 0 saturated carbocycles. The van der Waals surface area contributed by atoms with Crippen LogP contribution in [-0.2, 0) is 13.8 Å². The van der Waals surface area contributed by atoms with Crippen LogP contribution >= 0.6 is 7.82 Å². The minimum atomic E-state index is -4.72. The zero-order chi connectivity index (χ0) is 16.7. The third-order valence-corrected chi connectivity index (χ3v) is 3.97. The zero-order valence-electron chi connectivity index (χ0n) is 11.9. The summed E-state index contributed by atoms with van der Waals surface area (Å²) in [7, 11) is -4.72. The van der Waals surface area contributed by atoms with E-state index in [1.807, 2.05) is 0 Å². The standard InChI is InChI=1S/C11H17N2O8P/c1-5-4-13(11(16)12-10(5)15)8-3-7(14)9(20-8)6(2)21-22(17,18)19/h4,6-9,14H,3H2,1-2H3,(H,12,15,16)(H2,17,18,19)/t6-,7?,8+,9+/m0/s1. The van der Waals surface area contributed by atoms with Crippen molar-refractivity contribution in [1.82, 2.24) is 9.55 Å². The fourth-order valence-corrected chi connectivity index (χ4v) is 2.90. The van der Waals surface area contributed by atoms with Gasteiger partial charge in [0.25, 0.3) is 5.56 Å². The molecule has 1 unspecified atom stereocenters. The number of hydrogen-bond donors (Lipinski definition) is 4. The Morgan fingerprint density at radius 2 is 2.14 bits per heavy atom. The maximum Gasteiger partial charge on any atom is 0.469 e. The van der Waals surface area contributed by atoms with Crippen LogP contribution in [0.2, 0.25) is 0 Å². The molecular weight excluding hydrogens is 319 g/mol. The summed E-state index contributed by atoms with van der Waals surface area (Å²) < 4.78 is 21.9. The van der Waals surface area contributed by atoms with Crippen molar-refractivity contribution in [3.63, 3.8) is 0 Å². The Labute approximate surface area is 124 Å². The normalized spacial score (nSPS) is 27.0. The predicted octanol–water partition coefficient (Wildman–Crippen LogP) is -1.01. The summed E-state index contributed by atoms with van der Waals surface area (Å²) in [5.74, 6) is 0. The molecule has 11 heteroatoms. The number of aromatic amines is 1. The summed E-state index contributed by atoms with van der Waals surface area (Å²) in [5, 5.41) is 9.96. The quantitative estimate of drug-likeness (QED) is 0.511. The predicted molar refractivity (Wildman–Crippen MR) is 73.2 cm³/mol. The summed E-state index contributed by atoms with van der Waals surface area (Å²) in [4.78, 5) is 42.8. The Morgan fingerprint density at radius 1 is 1.50 bits per heavy atom. The molecule has 1 aliphatic heterocycles. The van der Waals surface area contributed by atoms with E-state index in [9.17, 15) is 19.3 Å². The van der Waals surface area contributed by atoms with Gasteiger partial charge in [-0.2, -0.15) is 0 Å². The van der Waals surface area contributed by atoms with Crippen molar-refractivity contribution in [2.75, 3.05) is 0 Å². The first kappa shape index (κ1) is 17.1. The molecule has 124 valence electrons. The second-order valence-electron chi connectivity index (χ2n) is 5.14. The fourth-order valence-electron chi connectivity index (χ4n) is 2.35. The van der Waals surface area contributed by atoms with Crippen LogP contribution in [-0.4, -0.2) is 42.8 Å². The summed E-state index contributed by atoms with van der Waals surface area (Å²) in [6, 6.07) is 0. The van der Waals surface area contributed by atoms with Crippen molar-refractivity contribution in [1.29, 1.82) is 0 Å². The van der Waals surface area contributed by atoms with Crippen LogP contribution in [0.3, 0.4) is 0 Å². The molecule has 1 aromatic heterocycles. The average Bonchev–Trinajstić information content (AvgIpc) is 2.73. The van der Waals surface area contributed by atoms with E-state index < -0.39 is 43.6 Å². The number of aliphatic hydroxyl groups is 1. The van der Waals surface area contributed by atoms with Gasteiger partial charge >= 0.3 is 13.5 Å². The first-order chi connectivity index (χ1) is 10.1. The largest absolute Gasteiger partial charge is 0.469 e. The summed E-state index contributed by atoms with van der Waals surface area (Å²) >= 11 is 0. The highest BCUT2D eigenvalue weighted by Gasteiger charge is 2.41. The van der Waals surface area contributed by atoms with E-state index in [2.05, 4.69) is 9.51 Å². The number of nitrogens with zero attached hydrogens (tertiary/aromatic N) is 1. The number of rotatable bonds is 4. The van der Waals surface area contributed by atoms with E-state index in [4.69, 9.17) is 14.5 Å². The lowest BCUT2D eigenvalue weighted by Gasteiger charge is -2.22. The molecule has 22 heavy (non-hydrogen) atoms. The van der Waals surface area contributed by atoms with Gasteiger partial charge in [0, 0.05) is 18.2 Å². The molecular formula is C11H17N2O8P. The van der Waals surface area contributed by atoms with Crippen molar-refractivity contribution in [2.24, 2.45) is 0 Å². The molecule has 1 fully saturated rings. The van der Waals surface area contributed by atoms with Crippen LogP contribution in [0.1, 0.15) is 25.1 Å². The average molecular weight is 336 g/mol. The topological polar surface area (TPSA) is 151 Å². The molecule has 4 N–H and O–H groups in total. The minimum Gasteiger partial charge on any atom is -0.390 e. The Morgan fingerprint density at radius 3 is 2.73 bits per heavy atom. The molecule has 0 aromatic carbocycles. The van der Waals surface area contributed by atoms with Crippen LogP contribution in [0.15, 0.2) is 15.8 Å². The Hall–Kier alpha value is -1.29. The van der Waals surface area contributed by atoms with Crippen molar-refractivity contribution < 1.29 is 28.7 Å². The third-order valence-electron chi connectivity index (χ3n) is 3.36. The number of phosphoric ester groups is 1. The lowest BCUT2D eigenvalue weighted by molar-refractivity contribution is -0.0749. The number of H-pyrrole nitrogens is 1. The van der Waals surface area contributed by atoms with Gasteiger partial charge in [0.15, 0.2) is 0 Å². The number of ether oxygens (including phenoxy) is 1. The van der Waals surface area contributed by atoms with Gasteiger partial charge < -0.3 is 19.6 Å². The highest BCUT2D eigenvalue weighted by atomic mass is 31.2. The molecule has 2 rings (SSSR count). The molecule has 0 radical (unpaired) electrons. The van der Waals surface area contributed by atoms with Crippen LogP contribution < -0.4 is 11.2 Å². The molecule has 1 saturated heterocycles. The highest BCUT2D eigenvalue weighted by molar-refractivity contribution is 7.46. The van der Waals surface area contributed by atoms with Gasteiger partial charge in [0.2, 0.25) is 0 Å². The number of nitrogens with one attached hydrogen (secondary N) is 1. The van der Waals surface area contributed by atoms with Crippen LogP contribution in [0.25, 0.3) is 0 Å². The van der Waals surface area contributed by atoms with Gasteiger partial charge in [0.05, 0.1) is 12.2 Å². The van der Waals surface area contributed by atoms with Crippen LogP contribution in [0.4, 0.5) is 0 Å². The molecule has 0 bridgehead atoms. The van der Waals surface area contributed by atoms with E-state index in [0.29, 0.717) is 5.56 Å².